The molecule has 0 bridgehead atoms. The zero-order valence-corrected chi connectivity index (χ0v) is 14.1. The third-order valence-electron chi connectivity index (χ3n) is 4.18. The van der Waals surface area contributed by atoms with Gasteiger partial charge in [-0.1, -0.05) is 48.5 Å². The maximum atomic E-state index is 12.7. The number of para-hydroxylation sites is 1. The molecule has 1 aliphatic heterocycles. The molecule has 130 valence electrons. The fraction of sp³-hybridized carbons (Fsp3) is 0.300. The summed E-state index contributed by atoms with van der Waals surface area (Å²) in [5, 5.41) is 2.66. The molecule has 0 unspecified atom stereocenters. The number of nitrogens with one attached hydrogen (secondary N) is 1. The van der Waals surface area contributed by atoms with Gasteiger partial charge in [0.05, 0.1) is 6.10 Å². The first kappa shape index (κ1) is 17.2. The molecular formula is C20H22N2O3. The average Bonchev–Trinajstić information content (AvgIpc) is 3.15. The van der Waals surface area contributed by atoms with Crippen LogP contribution in [0.3, 0.4) is 0 Å². The molecule has 2 amide bonds. The summed E-state index contributed by atoms with van der Waals surface area (Å²) in [5.74, 6) is -1.16. The summed E-state index contributed by atoms with van der Waals surface area (Å²) >= 11 is 0. The number of nitrogens with zero attached hydrogens (tertiary/aromatic N) is 1. The van der Waals surface area contributed by atoms with E-state index in [-0.39, 0.29) is 6.10 Å². The van der Waals surface area contributed by atoms with Crippen molar-refractivity contribution in [1.82, 2.24) is 4.90 Å². The van der Waals surface area contributed by atoms with Crippen LogP contribution < -0.4 is 5.32 Å². The second kappa shape index (κ2) is 8.44. The number of benzene rings is 2. The van der Waals surface area contributed by atoms with Gasteiger partial charge in [0, 0.05) is 25.4 Å². The average molecular weight is 338 g/mol. The number of anilines is 1. The van der Waals surface area contributed by atoms with Gasteiger partial charge in [-0.15, -0.1) is 0 Å². The van der Waals surface area contributed by atoms with Crippen LogP contribution in [0.4, 0.5) is 5.69 Å². The van der Waals surface area contributed by atoms with Crippen molar-refractivity contribution in [2.75, 3.05) is 18.5 Å². The van der Waals surface area contributed by atoms with Crippen molar-refractivity contribution in [2.24, 2.45) is 0 Å². The van der Waals surface area contributed by atoms with Crippen LogP contribution in [0.25, 0.3) is 0 Å². The molecule has 0 aromatic heterocycles. The van der Waals surface area contributed by atoms with Crippen molar-refractivity contribution in [3.8, 4) is 0 Å². The third-order valence-corrected chi connectivity index (χ3v) is 4.18. The molecule has 3 rings (SSSR count). The fourth-order valence-corrected chi connectivity index (χ4v) is 2.91. The van der Waals surface area contributed by atoms with E-state index in [1.807, 2.05) is 48.5 Å². The number of hydrogen-bond acceptors (Lipinski definition) is 3. The van der Waals surface area contributed by atoms with Crippen molar-refractivity contribution >= 4 is 17.5 Å². The van der Waals surface area contributed by atoms with Crippen molar-refractivity contribution in [1.29, 1.82) is 0 Å². The molecule has 0 spiro atoms. The van der Waals surface area contributed by atoms with E-state index in [2.05, 4.69) is 5.32 Å². The molecule has 25 heavy (non-hydrogen) atoms. The van der Waals surface area contributed by atoms with Crippen LogP contribution in [0.2, 0.25) is 0 Å². The summed E-state index contributed by atoms with van der Waals surface area (Å²) in [5.41, 5.74) is 1.60. The Morgan fingerprint density at radius 1 is 1.04 bits per heavy atom. The number of ether oxygens (including phenoxy) is 1. The van der Waals surface area contributed by atoms with Gasteiger partial charge in [-0.25, -0.2) is 0 Å². The van der Waals surface area contributed by atoms with E-state index >= 15 is 0 Å². The van der Waals surface area contributed by atoms with Crippen molar-refractivity contribution < 1.29 is 14.3 Å². The Bertz CT molecular complexity index is 697. The summed E-state index contributed by atoms with van der Waals surface area (Å²) in [6.07, 6.45) is 1.91. The van der Waals surface area contributed by atoms with E-state index in [0.717, 1.165) is 18.4 Å². The highest BCUT2D eigenvalue weighted by Gasteiger charge is 2.27. The van der Waals surface area contributed by atoms with Crippen molar-refractivity contribution in [3.05, 3.63) is 66.2 Å². The van der Waals surface area contributed by atoms with E-state index in [9.17, 15) is 9.59 Å². The van der Waals surface area contributed by atoms with Crippen LogP contribution >= 0.6 is 0 Å². The van der Waals surface area contributed by atoms with Gasteiger partial charge in [-0.3, -0.25) is 9.59 Å². The maximum absolute atomic E-state index is 12.7. The monoisotopic (exact) mass is 338 g/mol. The standard InChI is InChI=1S/C20H22N2O3/c23-19(21-17-10-5-2-6-11-17)20(24)22(15-18-12-7-13-25-18)14-16-8-3-1-4-9-16/h1-6,8-11,18H,7,12-15H2,(H,21,23)/t18-/m1/s1. The molecule has 5 heteroatoms. The Kier molecular flexibility index (Phi) is 5.80. The fourth-order valence-electron chi connectivity index (χ4n) is 2.91. The van der Waals surface area contributed by atoms with Gasteiger partial charge < -0.3 is 15.0 Å². The normalized spacial score (nSPS) is 16.4. The minimum atomic E-state index is -0.625. The summed E-state index contributed by atoms with van der Waals surface area (Å²) in [4.78, 5) is 26.6. The zero-order chi connectivity index (χ0) is 17.5. The molecule has 0 aliphatic carbocycles. The lowest BCUT2D eigenvalue weighted by atomic mass is 10.1. The molecular weight excluding hydrogens is 316 g/mol. The largest absolute Gasteiger partial charge is 0.376 e. The van der Waals surface area contributed by atoms with Gasteiger partial charge in [-0.2, -0.15) is 0 Å². The first-order valence-electron chi connectivity index (χ1n) is 8.53. The van der Waals surface area contributed by atoms with E-state index in [4.69, 9.17) is 4.74 Å². The molecule has 5 nitrogen and oxygen atoms in total. The highest BCUT2D eigenvalue weighted by Crippen LogP contribution is 2.16. The van der Waals surface area contributed by atoms with Gasteiger partial charge in [0.1, 0.15) is 0 Å². The van der Waals surface area contributed by atoms with Crippen molar-refractivity contribution in [3.63, 3.8) is 0 Å². The Morgan fingerprint density at radius 3 is 2.36 bits per heavy atom. The summed E-state index contributed by atoms with van der Waals surface area (Å²) in [7, 11) is 0. The zero-order valence-electron chi connectivity index (χ0n) is 14.1. The van der Waals surface area contributed by atoms with Gasteiger partial charge in [0.25, 0.3) is 0 Å². The van der Waals surface area contributed by atoms with Crippen LogP contribution in [0.5, 0.6) is 0 Å². The first-order chi connectivity index (χ1) is 12.2. The highest BCUT2D eigenvalue weighted by molar-refractivity contribution is 6.39. The molecule has 1 N–H and O–H groups in total. The second-order valence-electron chi connectivity index (χ2n) is 6.13. The minimum Gasteiger partial charge on any atom is -0.376 e. The van der Waals surface area contributed by atoms with Gasteiger partial charge in [-0.05, 0) is 30.5 Å². The Labute approximate surface area is 147 Å². The van der Waals surface area contributed by atoms with E-state index < -0.39 is 11.8 Å². The molecule has 1 fully saturated rings. The lowest BCUT2D eigenvalue weighted by molar-refractivity contribution is -0.144. The number of amides is 2. The quantitative estimate of drug-likeness (QED) is 0.853. The van der Waals surface area contributed by atoms with E-state index in [0.29, 0.717) is 25.4 Å². The molecule has 1 aliphatic rings. The maximum Gasteiger partial charge on any atom is 0.313 e. The van der Waals surface area contributed by atoms with E-state index in [1.165, 1.54) is 0 Å². The number of hydrogen-bond donors (Lipinski definition) is 1. The molecule has 2 aromatic carbocycles. The first-order valence-corrected chi connectivity index (χ1v) is 8.53. The molecule has 0 radical (unpaired) electrons. The predicted molar refractivity (Wildman–Crippen MR) is 95.9 cm³/mol. The number of carbonyl (C=O) groups is 2. The minimum absolute atomic E-state index is 0.00260. The van der Waals surface area contributed by atoms with Crippen LogP contribution in [0, 0.1) is 0 Å². The summed E-state index contributed by atoms with van der Waals surface area (Å²) in [6, 6.07) is 18.7. The van der Waals surface area contributed by atoms with Gasteiger partial charge in [0.2, 0.25) is 0 Å². The Balaban J connectivity index is 1.70. The molecule has 0 saturated carbocycles. The Morgan fingerprint density at radius 2 is 1.72 bits per heavy atom. The second-order valence-corrected chi connectivity index (χ2v) is 6.13. The molecule has 1 atom stereocenters. The smallest absolute Gasteiger partial charge is 0.313 e. The number of rotatable bonds is 5. The van der Waals surface area contributed by atoms with Crippen LogP contribution in [-0.2, 0) is 20.9 Å². The topological polar surface area (TPSA) is 58.6 Å². The van der Waals surface area contributed by atoms with Crippen LogP contribution in [0.1, 0.15) is 18.4 Å². The van der Waals surface area contributed by atoms with Gasteiger partial charge >= 0.3 is 11.8 Å². The summed E-state index contributed by atoms with van der Waals surface area (Å²) < 4.78 is 5.64. The van der Waals surface area contributed by atoms with Crippen LogP contribution in [0.15, 0.2) is 60.7 Å². The molecule has 2 aromatic rings. The Hall–Kier alpha value is -2.66. The lowest BCUT2D eigenvalue weighted by Crippen LogP contribution is -2.43. The van der Waals surface area contributed by atoms with Gasteiger partial charge in [0.15, 0.2) is 0 Å². The lowest BCUT2D eigenvalue weighted by Gasteiger charge is -2.25. The van der Waals surface area contributed by atoms with E-state index in [1.54, 1.807) is 17.0 Å². The van der Waals surface area contributed by atoms with Crippen molar-refractivity contribution in [2.45, 2.75) is 25.5 Å². The molecule has 1 heterocycles. The highest BCUT2D eigenvalue weighted by atomic mass is 16.5. The summed E-state index contributed by atoms with van der Waals surface area (Å²) in [6.45, 7) is 1.53. The SMILES string of the molecule is O=C(Nc1ccccc1)C(=O)N(Cc1ccccc1)C[C@H]1CCCO1. The number of carbonyl (C=O) groups excluding carboxylic acids is 2. The molecule has 1 saturated heterocycles. The third kappa shape index (κ3) is 4.90. The predicted octanol–water partition coefficient (Wildman–Crippen LogP) is 2.83. The van der Waals surface area contributed by atoms with Crippen LogP contribution in [-0.4, -0.2) is 36.0 Å².